The smallest absolute Gasteiger partial charge is 0.173 e. The summed E-state index contributed by atoms with van der Waals surface area (Å²) in [6, 6.07) is 57.7. The van der Waals surface area contributed by atoms with Crippen molar-refractivity contribution in [1.82, 2.24) is 0 Å². The highest BCUT2D eigenvalue weighted by molar-refractivity contribution is 7.86. The maximum atomic E-state index is 16.2. The second-order valence-corrected chi connectivity index (χ2v) is 12.8. The molecule has 0 saturated heterocycles. The van der Waals surface area contributed by atoms with Gasteiger partial charge in [0.25, 0.3) is 0 Å². The molecule has 0 radical (unpaired) electrons. The molecule has 2 nitrogen and oxygen atoms in total. The van der Waals surface area contributed by atoms with Crippen molar-refractivity contribution >= 4 is 61.7 Å². The van der Waals surface area contributed by atoms with Crippen LogP contribution in [0.1, 0.15) is 0 Å². The van der Waals surface area contributed by atoms with Crippen LogP contribution in [-0.4, -0.2) is 0 Å². The molecule has 0 heterocycles. The van der Waals surface area contributed by atoms with Gasteiger partial charge >= 0.3 is 0 Å². The third kappa shape index (κ3) is 4.25. The molecule has 0 fully saturated rings. The molecule has 0 aliphatic rings. The maximum Gasteiger partial charge on any atom is 0.173 e. The van der Waals surface area contributed by atoms with E-state index < -0.39 is 7.14 Å². The van der Waals surface area contributed by atoms with E-state index in [0.29, 0.717) is 0 Å². The summed E-state index contributed by atoms with van der Waals surface area (Å²) in [5, 5.41) is 6.75. The van der Waals surface area contributed by atoms with Gasteiger partial charge in [-0.1, -0.05) is 146 Å². The molecule has 41 heavy (non-hydrogen) atoms. The van der Waals surface area contributed by atoms with Crippen molar-refractivity contribution in [3.63, 3.8) is 0 Å². The molecule has 7 aromatic rings. The molecule has 0 aliphatic heterocycles. The Labute approximate surface area is 240 Å². The number of benzene rings is 7. The topological polar surface area (TPSA) is 20.3 Å². The molecule has 0 bridgehead atoms. The van der Waals surface area contributed by atoms with E-state index in [0.717, 1.165) is 54.5 Å². The Morgan fingerprint density at radius 3 is 1.17 bits per heavy atom. The van der Waals surface area contributed by atoms with E-state index >= 15 is 4.57 Å². The van der Waals surface area contributed by atoms with Gasteiger partial charge in [-0.05, 0) is 40.4 Å². The van der Waals surface area contributed by atoms with Crippen molar-refractivity contribution in [2.45, 2.75) is 0 Å². The molecule has 0 unspecified atom stereocenters. The average Bonchev–Trinajstić information content (AvgIpc) is 3.06. The van der Waals surface area contributed by atoms with Crippen LogP contribution in [0.25, 0.3) is 21.5 Å². The summed E-state index contributed by atoms with van der Waals surface area (Å²) in [5.41, 5.74) is 2.95. The Hall–Kier alpha value is -4.91. The predicted octanol–water partition coefficient (Wildman–Crippen LogP) is 9.10. The zero-order valence-electron chi connectivity index (χ0n) is 22.5. The molecule has 0 aliphatic carbocycles. The lowest BCUT2D eigenvalue weighted by Gasteiger charge is -2.33. The van der Waals surface area contributed by atoms with Gasteiger partial charge in [0.1, 0.15) is 0 Å². The molecule has 0 aromatic heterocycles. The minimum atomic E-state index is -3.40. The molecule has 0 saturated carbocycles. The number of fused-ring (bicyclic) bond motifs is 3. The van der Waals surface area contributed by atoms with Gasteiger partial charge in [0.2, 0.25) is 0 Å². The van der Waals surface area contributed by atoms with Crippen LogP contribution >= 0.6 is 7.14 Å². The van der Waals surface area contributed by atoms with Crippen molar-refractivity contribution < 1.29 is 4.57 Å². The van der Waals surface area contributed by atoms with E-state index in [1.807, 2.05) is 72.8 Å². The monoisotopic (exact) mass is 545 g/mol. The van der Waals surface area contributed by atoms with Gasteiger partial charge in [-0.2, -0.15) is 0 Å². The third-order valence-electron chi connectivity index (χ3n) is 7.69. The fourth-order valence-corrected chi connectivity index (χ4v) is 8.95. The van der Waals surface area contributed by atoms with E-state index in [4.69, 9.17) is 0 Å². The van der Waals surface area contributed by atoms with Crippen LogP contribution in [0.4, 0.5) is 17.1 Å². The summed E-state index contributed by atoms with van der Waals surface area (Å²) in [6.45, 7) is 0. The first-order valence-electron chi connectivity index (χ1n) is 13.8. The highest BCUT2D eigenvalue weighted by Crippen LogP contribution is 2.52. The number of hydrogen-bond acceptors (Lipinski definition) is 2. The number of nitrogens with zero attached hydrogens (tertiary/aromatic N) is 1. The molecule has 7 rings (SSSR count). The zero-order chi connectivity index (χ0) is 27.6. The molecule has 196 valence electrons. The second-order valence-electron chi connectivity index (χ2n) is 10.1. The minimum absolute atomic E-state index is 0.814. The average molecular weight is 546 g/mol. The van der Waals surface area contributed by atoms with Crippen LogP contribution < -0.4 is 20.8 Å². The Balaban J connectivity index is 1.74. The Bertz CT molecular complexity index is 1920. The van der Waals surface area contributed by atoms with E-state index in [1.165, 1.54) is 0 Å². The van der Waals surface area contributed by atoms with E-state index in [9.17, 15) is 0 Å². The largest absolute Gasteiger partial charge is 0.309 e. The number of anilines is 3. The standard InChI is InChI=1S/C38H28NOP/c40-41(31-21-9-3-10-22-31,32-23-11-4-12-24-32)38-36-28-16-14-26-34(36)33-25-13-15-27-35(33)37(38)39(29-17-5-1-6-18-29)30-19-7-2-8-20-30/h1-28H. The minimum Gasteiger partial charge on any atom is -0.309 e. The zero-order valence-corrected chi connectivity index (χ0v) is 23.4. The Morgan fingerprint density at radius 1 is 0.366 bits per heavy atom. The first-order valence-corrected chi connectivity index (χ1v) is 15.5. The lowest BCUT2D eigenvalue weighted by atomic mass is 9.98. The van der Waals surface area contributed by atoms with E-state index in [2.05, 4.69) is 102 Å². The third-order valence-corrected chi connectivity index (χ3v) is 10.8. The van der Waals surface area contributed by atoms with Gasteiger partial charge in [-0.3, -0.25) is 0 Å². The van der Waals surface area contributed by atoms with Crippen molar-refractivity contribution in [1.29, 1.82) is 0 Å². The predicted molar refractivity (Wildman–Crippen MR) is 176 cm³/mol. The first-order chi connectivity index (χ1) is 20.3. The van der Waals surface area contributed by atoms with Crippen LogP contribution in [0.3, 0.4) is 0 Å². The summed E-state index contributed by atoms with van der Waals surface area (Å²) in [7, 11) is -3.40. The van der Waals surface area contributed by atoms with Crippen LogP contribution in [-0.2, 0) is 4.57 Å². The van der Waals surface area contributed by atoms with Gasteiger partial charge < -0.3 is 9.46 Å². The van der Waals surface area contributed by atoms with Crippen molar-refractivity contribution in [3.8, 4) is 0 Å². The second kappa shape index (κ2) is 10.6. The van der Waals surface area contributed by atoms with Crippen molar-refractivity contribution in [2.75, 3.05) is 4.90 Å². The molecular formula is C38H28NOP. The van der Waals surface area contributed by atoms with Gasteiger partial charge in [-0.15, -0.1) is 0 Å². The summed E-state index contributed by atoms with van der Waals surface area (Å²) in [5.74, 6) is 0. The van der Waals surface area contributed by atoms with Crippen LogP contribution in [0, 0.1) is 0 Å². The van der Waals surface area contributed by atoms with Gasteiger partial charge in [0.15, 0.2) is 7.14 Å². The molecule has 3 heteroatoms. The van der Waals surface area contributed by atoms with Crippen LogP contribution in [0.5, 0.6) is 0 Å². The van der Waals surface area contributed by atoms with Gasteiger partial charge in [-0.25, -0.2) is 0 Å². The van der Waals surface area contributed by atoms with Crippen molar-refractivity contribution in [2.24, 2.45) is 0 Å². The molecule has 0 spiro atoms. The maximum absolute atomic E-state index is 16.2. The van der Waals surface area contributed by atoms with Crippen molar-refractivity contribution in [3.05, 3.63) is 170 Å². The summed E-state index contributed by atoms with van der Waals surface area (Å²) in [4.78, 5) is 2.28. The fraction of sp³-hybridized carbons (Fsp3) is 0. The summed E-state index contributed by atoms with van der Waals surface area (Å²) in [6.07, 6.45) is 0. The van der Waals surface area contributed by atoms with E-state index in [1.54, 1.807) is 0 Å². The number of hydrogen-bond donors (Lipinski definition) is 0. The van der Waals surface area contributed by atoms with Gasteiger partial charge in [0.05, 0.1) is 11.0 Å². The van der Waals surface area contributed by atoms with E-state index in [-0.39, 0.29) is 0 Å². The molecule has 0 atom stereocenters. The normalized spacial score (nSPS) is 11.5. The summed E-state index contributed by atoms with van der Waals surface area (Å²) >= 11 is 0. The Kier molecular flexibility index (Phi) is 6.47. The molecular weight excluding hydrogens is 517 g/mol. The fourth-order valence-electron chi connectivity index (χ4n) is 5.89. The molecule has 0 N–H and O–H groups in total. The highest BCUT2D eigenvalue weighted by Gasteiger charge is 2.37. The Morgan fingerprint density at radius 2 is 0.707 bits per heavy atom. The summed E-state index contributed by atoms with van der Waals surface area (Å²) < 4.78 is 16.2. The van der Waals surface area contributed by atoms with Gasteiger partial charge in [0, 0.05) is 27.4 Å². The quantitative estimate of drug-likeness (QED) is 0.153. The highest BCUT2D eigenvalue weighted by atomic mass is 31.2. The number of rotatable bonds is 6. The lowest BCUT2D eigenvalue weighted by molar-refractivity contribution is 0.592. The lowest BCUT2D eigenvalue weighted by Crippen LogP contribution is -2.30. The SMILES string of the molecule is O=P(c1ccccc1)(c1ccccc1)c1c(N(c2ccccc2)c2ccccc2)c2ccccc2c2ccccc12. The molecule has 0 amide bonds. The van der Waals surface area contributed by atoms with Crippen LogP contribution in [0.15, 0.2) is 170 Å². The number of para-hydroxylation sites is 2. The molecule has 7 aromatic carbocycles. The first kappa shape index (κ1) is 25.1. The van der Waals surface area contributed by atoms with Crippen LogP contribution in [0.2, 0.25) is 0 Å².